The molecule has 1 aliphatic heterocycles. The fourth-order valence-corrected chi connectivity index (χ4v) is 4.35. The standard InChI is InChI=1S/C25H30N4O3/c1-15(2)20-10-19(16(3)9-23(20)32-6)13-28-18(5)12-29-22(25(28)31)8-7-21(24(29)30)27-11-17(4)26-14-27/h7-11,14-15,18H,12-13H2,1-6H3/t18-/m1/s1. The van der Waals surface area contributed by atoms with Crippen LogP contribution in [0.4, 0.5) is 0 Å². The highest BCUT2D eigenvalue weighted by atomic mass is 16.5. The highest BCUT2D eigenvalue weighted by Gasteiger charge is 2.31. The number of amides is 1. The summed E-state index contributed by atoms with van der Waals surface area (Å²) in [4.78, 5) is 32.6. The smallest absolute Gasteiger partial charge is 0.275 e. The van der Waals surface area contributed by atoms with Crippen LogP contribution in [0.1, 0.15) is 59.6 Å². The summed E-state index contributed by atoms with van der Waals surface area (Å²) in [7, 11) is 1.69. The van der Waals surface area contributed by atoms with E-state index in [4.69, 9.17) is 4.74 Å². The van der Waals surface area contributed by atoms with Crippen molar-refractivity contribution in [3.8, 4) is 11.4 Å². The second kappa shape index (κ2) is 8.30. The third-order valence-electron chi connectivity index (χ3n) is 6.25. The molecule has 7 nitrogen and oxygen atoms in total. The Kier molecular flexibility index (Phi) is 5.67. The maximum atomic E-state index is 13.4. The average molecular weight is 435 g/mol. The quantitative estimate of drug-likeness (QED) is 0.612. The number of aromatic nitrogens is 3. The lowest BCUT2D eigenvalue weighted by Gasteiger charge is -2.36. The number of nitrogens with zero attached hydrogens (tertiary/aromatic N) is 4. The molecule has 0 saturated heterocycles. The van der Waals surface area contributed by atoms with Crippen molar-refractivity contribution in [1.82, 2.24) is 19.0 Å². The zero-order chi connectivity index (χ0) is 23.2. The molecule has 2 aromatic heterocycles. The van der Waals surface area contributed by atoms with Gasteiger partial charge in [0.1, 0.15) is 17.1 Å². The normalized spacial score (nSPS) is 15.9. The predicted molar refractivity (Wildman–Crippen MR) is 124 cm³/mol. The van der Waals surface area contributed by atoms with E-state index in [9.17, 15) is 9.59 Å². The van der Waals surface area contributed by atoms with Crippen LogP contribution in [0.3, 0.4) is 0 Å². The highest BCUT2D eigenvalue weighted by molar-refractivity contribution is 5.93. The minimum Gasteiger partial charge on any atom is -0.496 e. The molecule has 7 heteroatoms. The molecular weight excluding hydrogens is 404 g/mol. The van der Waals surface area contributed by atoms with E-state index in [0.29, 0.717) is 30.4 Å². The van der Waals surface area contributed by atoms with Gasteiger partial charge in [0.05, 0.1) is 19.1 Å². The van der Waals surface area contributed by atoms with Gasteiger partial charge >= 0.3 is 0 Å². The number of aryl methyl sites for hydroxylation is 2. The minimum absolute atomic E-state index is 0.114. The average Bonchev–Trinajstić information content (AvgIpc) is 3.18. The number of methoxy groups -OCH3 is 1. The van der Waals surface area contributed by atoms with Crippen molar-refractivity contribution in [2.45, 2.75) is 59.7 Å². The fourth-order valence-electron chi connectivity index (χ4n) is 4.35. The molecule has 0 bridgehead atoms. The molecule has 1 aliphatic rings. The van der Waals surface area contributed by atoms with Crippen molar-refractivity contribution in [2.75, 3.05) is 7.11 Å². The lowest BCUT2D eigenvalue weighted by Crippen LogP contribution is -2.49. The molecule has 4 rings (SSSR count). The molecule has 0 spiro atoms. The first-order chi connectivity index (χ1) is 15.2. The summed E-state index contributed by atoms with van der Waals surface area (Å²) in [6.07, 6.45) is 3.43. The molecular formula is C25H30N4O3. The Bertz CT molecular complexity index is 1240. The van der Waals surface area contributed by atoms with Crippen LogP contribution in [-0.2, 0) is 13.1 Å². The number of fused-ring (bicyclic) bond motifs is 1. The molecule has 1 amide bonds. The summed E-state index contributed by atoms with van der Waals surface area (Å²) >= 11 is 0. The number of imidazole rings is 1. The van der Waals surface area contributed by atoms with Crippen molar-refractivity contribution >= 4 is 5.91 Å². The monoisotopic (exact) mass is 434 g/mol. The lowest BCUT2D eigenvalue weighted by molar-refractivity contribution is 0.0589. The van der Waals surface area contributed by atoms with Crippen LogP contribution >= 0.6 is 0 Å². The van der Waals surface area contributed by atoms with Crippen LogP contribution < -0.4 is 10.3 Å². The van der Waals surface area contributed by atoms with Crippen LogP contribution in [0.25, 0.3) is 5.69 Å². The molecule has 0 aliphatic carbocycles. The van der Waals surface area contributed by atoms with Gasteiger partial charge in [-0.05, 0) is 67.6 Å². The summed E-state index contributed by atoms with van der Waals surface area (Å²) in [5, 5.41) is 0. The summed E-state index contributed by atoms with van der Waals surface area (Å²) in [5.41, 5.74) is 4.87. The Morgan fingerprint density at radius 3 is 2.56 bits per heavy atom. The van der Waals surface area contributed by atoms with Gasteiger partial charge in [-0.15, -0.1) is 0 Å². The number of carbonyl (C=O) groups is 1. The van der Waals surface area contributed by atoms with Gasteiger partial charge < -0.3 is 18.8 Å². The Morgan fingerprint density at radius 1 is 1.19 bits per heavy atom. The van der Waals surface area contributed by atoms with E-state index in [1.54, 1.807) is 34.7 Å². The van der Waals surface area contributed by atoms with Gasteiger partial charge in [0.25, 0.3) is 11.5 Å². The number of benzene rings is 1. The van der Waals surface area contributed by atoms with E-state index in [0.717, 1.165) is 28.1 Å². The van der Waals surface area contributed by atoms with Gasteiger partial charge in [-0.3, -0.25) is 9.59 Å². The molecule has 168 valence electrons. The molecule has 0 radical (unpaired) electrons. The van der Waals surface area contributed by atoms with Crippen molar-refractivity contribution in [2.24, 2.45) is 0 Å². The zero-order valence-corrected chi connectivity index (χ0v) is 19.5. The van der Waals surface area contributed by atoms with Gasteiger partial charge in [0.2, 0.25) is 0 Å². The minimum atomic E-state index is -0.178. The zero-order valence-electron chi connectivity index (χ0n) is 19.5. The predicted octanol–water partition coefficient (Wildman–Crippen LogP) is 3.83. The number of hydrogen-bond donors (Lipinski definition) is 0. The Morgan fingerprint density at radius 2 is 1.94 bits per heavy atom. The molecule has 1 atom stereocenters. The van der Waals surface area contributed by atoms with Crippen molar-refractivity contribution in [1.29, 1.82) is 0 Å². The first-order valence-corrected chi connectivity index (χ1v) is 10.9. The van der Waals surface area contributed by atoms with Gasteiger partial charge in [-0.2, -0.15) is 0 Å². The summed E-state index contributed by atoms with van der Waals surface area (Å²) in [5.74, 6) is 1.05. The van der Waals surface area contributed by atoms with Gasteiger partial charge in [-0.25, -0.2) is 4.98 Å². The number of pyridine rings is 1. The first kappa shape index (κ1) is 21.9. The SMILES string of the molecule is COc1cc(C)c(CN2C(=O)c3ccc(-n4cnc(C)c4)c(=O)n3C[C@H]2C)cc1C(C)C. The molecule has 0 fully saturated rings. The van der Waals surface area contributed by atoms with Gasteiger partial charge in [0, 0.05) is 25.3 Å². The van der Waals surface area contributed by atoms with E-state index in [1.165, 1.54) is 0 Å². The third-order valence-corrected chi connectivity index (χ3v) is 6.25. The molecule has 0 unspecified atom stereocenters. The van der Waals surface area contributed by atoms with Crippen LogP contribution in [0.5, 0.6) is 5.75 Å². The molecule has 3 aromatic rings. The first-order valence-electron chi connectivity index (χ1n) is 10.9. The van der Waals surface area contributed by atoms with Crippen molar-refractivity contribution < 1.29 is 9.53 Å². The van der Waals surface area contributed by atoms with Crippen LogP contribution in [0, 0.1) is 13.8 Å². The number of hydrogen-bond acceptors (Lipinski definition) is 4. The molecule has 3 heterocycles. The number of carbonyl (C=O) groups excluding carboxylic acids is 1. The molecule has 0 saturated carbocycles. The molecule has 0 N–H and O–H groups in total. The van der Waals surface area contributed by atoms with Crippen LogP contribution in [0.15, 0.2) is 41.6 Å². The number of rotatable bonds is 5. The Hall–Kier alpha value is -3.35. The number of ether oxygens (including phenoxy) is 1. The van der Waals surface area contributed by atoms with E-state index in [-0.39, 0.29) is 17.5 Å². The van der Waals surface area contributed by atoms with Crippen LogP contribution in [-0.4, -0.2) is 38.1 Å². The lowest BCUT2D eigenvalue weighted by atomic mass is 9.95. The highest BCUT2D eigenvalue weighted by Crippen LogP contribution is 2.31. The van der Waals surface area contributed by atoms with E-state index >= 15 is 0 Å². The summed E-state index contributed by atoms with van der Waals surface area (Å²) in [6, 6.07) is 7.52. The summed E-state index contributed by atoms with van der Waals surface area (Å²) in [6.45, 7) is 11.1. The molecule has 32 heavy (non-hydrogen) atoms. The van der Waals surface area contributed by atoms with Gasteiger partial charge in [-0.1, -0.05) is 13.8 Å². The topological polar surface area (TPSA) is 69.4 Å². The largest absolute Gasteiger partial charge is 0.496 e. The van der Waals surface area contributed by atoms with Crippen molar-refractivity contribution in [3.05, 3.63) is 75.2 Å². The fraction of sp³-hybridized carbons (Fsp3) is 0.400. The second-order valence-corrected chi connectivity index (χ2v) is 8.90. The molecule has 1 aromatic carbocycles. The third kappa shape index (κ3) is 3.72. The Balaban J connectivity index is 1.69. The maximum absolute atomic E-state index is 13.4. The summed E-state index contributed by atoms with van der Waals surface area (Å²) < 4.78 is 8.86. The van der Waals surface area contributed by atoms with Crippen molar-refractivity contribution in [3.63, 3.8) is 0 Å². The van der Waals surface area contributed by atoms with E-state index < -0.39 is 0 Å². The second-order valence-electron chi connectivity index (χ2n) is 8.90. The van der Waals surface area contributed by atoms with Gasteiger partial charge in [0.15, 0.2) is 0 Å². The van der Waals surface area contributed by atoms with E-state index in [2.05, 4.69) is 24.9 Å². The van der Waals surface area contributed by atoms with Crippen LogP contribution in [0.2, 0.25) is 0 Å². The maximum Gasteiger partial charge on any atom is 0.275 e. The van der Waals surface area contributed by atoms with E-state index in [1.807, 2.05) is 37.9 Å². The Labute approximate surface area is 188 Å².